The number of esters is 1. The van der Waals surface area contributed by atoms with Gasteiger partial charge in [0.1, 0.15) is 6.04 Å². The van der Waals surface area contributed by atoms with Gasteiger partial charge in [0.15, 0.2) is 11.5 Å². The number of rotatable bonds is 9. The highest BCUT2D eigenvalue weighted by atomic mass is 16.5. The molecule has 1 unspecified atom stereocenters. The van der Waals surface area contributed by atoms with E-state index in [0.29, 0.717) is 31.1 Å². The van der Waals surface area contributed by atoms with Crippen LogP contribution in [-0.4, -0.2) is 43.1 Å². The summed E-state index contributed by atoms with van der Waals surface area (Å²) in [5.74, 6) is 1.000. The first-order chi connectivity index (χ1) is 17.6. The number of benzene rings is 2. The van der Waals surface area contributed by atoms with Crippen molar-refractivity contribution in [3.8, 4) is 11.5 Å². The predicted molar refractivity (Wildman–Crippen MR) is 139 cm³/mol. The van der Waals surface area contributed by atoms with E-state index >= 15 is 0 Å². The van der Waals surface area contributed by atoms with Crippen molar-refractivity contribution in [3.05, 3.63) is 59.2 Å². The van der Waals surface area contributed by atoms with Crippen LogP contribution in [0, 0.1) is 0 Å². The van der Waals surface area contributed by atoms with E-state index in [2.05, 4.69) is 19.1 Å². The number of hydrogen-bond acceptors (Lipinski definition) is 5. The lowest BCUT2D eigenvalue weighted by Crippen LogP contribution is -2.56. The Kier molecular flexibility index (Phi) is 8.55. The molecule has 6 heteroatoms. The summed E-state index contributed by atoms with van der Waals surface area (Å²) in [5, 5.41) is 0. The Balaban J connectivity index is 1.75. The number of carbonyl (C=O) groups excluding carboxylic acids is 2. The number of hydrogen-bond donors (Lipinski definition) is 0. The molecule has 1 saturated carbocycles. The van der Waals surface area contributed by atoms with Gasteiger partial charge in [0, 0.05) is 18.5 Å². The highest BCUT2D eigenvalue weighted by molar-refractivity contribution is 5.92. The second kappa shape index (κ2) is 11.8. The van der Waals surface area contributed by atoms with Gasteiger partial charge in [-0.25, -0.2) is 4.79 Å². The van der Waals surface area contributed by atoms with Gasteiger partial charge < -0.3 is 19.1 Å². The van der Waals surface area contributed by atoms with Gasteiger partial charge >= 0.3 is 5.97 Å². The highest BCUT2D eigenvalue weighted by Gasteiger charge is 2.48. The number of nitrogens with zero attached hydrogens (tertiary/aromatic N) is 1. The molecule has 4 rings (SSSR count). The lowest BCUT2D eigenvalue weighted by molar-refractivity contribution is -0.158. The first kappa shape index (κ1) is 26.1. The van der Waals surface area contributed by atoms with Gasteiger partial charge in [0.2, 0.25) is 5.91 Å². The molecular weight excluding hydrogens is 454 g/mol. The first-order valence-corrected chi connectivity index (χ1v) is 13.4. The van der Waals surface area contributed by atoms with Crippen molar-refractivity contribution in [2.75, 3.05) is 20.3 Å². The van der Waals surface area contributed by atoms with E-state index in [1.54, 1.807) is 18.9 Å². The van der Waals surface area contributed by atoms with Crippen LogP contribution in [0.3, 0.4) is 0 Å². The second-order valence-corrected chi connectivity index (χ2v) is 9.85. The van der Waals surface area contributed by atoms with Gasteiger partial charge in [-0.3, -0.25) is 4.79 Å². The van der Waals surface area contributed by atoms with Crippen molar-refractivity contribution in [1.82, 2.24) is 4.90 Å². The summed E-state index contributed by atoms with van der Waals surface area (Å²) in [6.45, 7) is 5.12. The van der Waals surface area contributed by atoms with E-state index in [9.17, 15) is 9.59 Å². The Morgan fingerprint density at radius 2 is 1.78 bits per heavy atom. The van der Waals surface area contributed by atoms with E-state index in [1.165, 1.54) is 0 Å². The summed E-state index contributed by atoms with van der Waals surface area (Å²) < 4.78 is 17.3. The number of amides is 1. The van der Waals surface area contributed by atoms with Crippen molar-refractivity contribution in [2.24, 2.45) is 0 Å². The Morgan fingerprint density at radius 1 is 1.03 bits per heavy atom. The molecule has 2 aliphatic rings. The van der Waals surface area contributed by atoms with Crippen LogP contribution in [0.25, 0.3) is 0 Å². The van der Waals surface area contributed by atoms with Crippen molar-refractivity contribution in [2.45, 2.75) is 83.2 Å². The predicted octanol–water partition coefficient (Wildman–Crippen LogP) is 5.59. The molecule has 1 amide bonds. The normalized spacial score (nSPS) is 18.8. The zero-order valence-corrected chi connectivity index (χ0v) is 21.9. The van der Waals surface area contributed by atoms with E-state index in [0.717, 1.165) is 61.6 Å². The monoisotopic (exact) mass is 493 g/mol. The van der Waals surface area contributed by atoms with Crippen LogP contribution in [0.2, 0.25) is 0 Å². The van der Waals surface area contributed by atoms with E-state index in [4.69, 9.17) is 14.2 Å². The summed E-state index contributed by atoms with van der Waals surface area (Å²) in [5.41, 5.74) is 2.36. The number of methoxy groups -OCH3 is 1. The third kappa shape index (κ3) is 5.09. The molecule has 2 aromatic rings. The van der Waals surface area contributed by atoms with Gasteiger partial charge in [-0.1, -0.05) is 69.0 Å². The molecule has 0 saturated heterocycles. The van der Waals surface area contributed by atoms with Gasteiger partial charge in [0.25, 0.3) is 0 Å². The maximum absolute atomic E-state index is 14.5. The average Bonchev–Trinajstić information content (AvgIpc) is 2.93. The largest absolute Gasteiger partial charge is 0.493 e. The third-order valence-electron chi connectivity index (χ3n) is 7.66. The fourth-order valence-corrected chi connectivity index (χ4v) is 5.73. The molecule has 1 aliphatic heterocycles. The molecule has 194 valence electrons. The number of ether oxygens (including phenoxy) is 3. The average molecular weight is 494 g/mol. The molecular formula is C30H39NO5. The van der Waals surface area contributed by atoms with Crippen molar-refractivity contribution in [3.63, 3.8) is 0 Å². The summed E-state index contributed by atoms with van der Waals surface area (Å²) in [6, 6.07) is 13.3. The topological polar surface area (TPSA) is 65.1 Å². The minimum atomic E-state index is -0.701. The first-order valence-electron chi connectivity index (χ1n) is 13.4. The molecule has 0 bridgehead atoms. The van der Waals surface area contributed by atoms with E-state index in [-0.39, 0.29) is 18.5 Å². The van der Waals surface area contributed by atoms with Crippen LogP contribution in [0.15, 0.2) is 42.5 Å². The fraction of sp³-hybridized carbons (Fsp3) is 0.533. The number of carbonyl (C=O) groups is 2. The minimum absolute atomic E-state index is 0.0290. The van der Waals surface area contributed by atoms with Crippen LogP contribution in [0.4, 0.5) is 0 Å². The molecule has 0 radical (unpaired) electrons. The van der Waals surface area contributed by atoms with Crippen molar-refractivity contribution < 1.29 is 23.8 Å². The van der Waals surface area contributed by atoms with Gasteiger partial charge in [-0.05, 0) is 43.4 Å². The SMILES string of the molecule is CCCCOc1c(OC)ccc2c1CC(C(=O)OCC)N(C(=O)C1(c3ccccc3)CCCCC1)C2. The molecule has 0 N–H and O–H groups in total. The number of unbranched alkanes of at least 4 members (excludes halogenated alkanes) is 1. The quantitative estimate of drug-likeness (QED) is 0.336. The van der Waals surface area contributed by atoms with Crippen molar-refractivity contribution in [1.29, 1.82) is 0 Å². The molecule has 2 aromatic carbocycles. The van der Waals surface area contributed by atoms with Crippen LogP contribution >= 0.6 is 0 Å². The van der Waals surface area contributed by atoms with E-state index < -0.39 is 11.5 Å². The van der Waals surface area contributed by atoms with Crippen LogP contribution in [-0.2, 0) is 32.7 Å². The number of fused-ring (bicyclic) bond motifs is 1. The molecule has 0 aromatic heterocycles. The van der Waals surface area contributed by atoms with Gasteiger partial charge in [-0.2, -0.15) is 0 Å². The Hall–Kier alpha value is -3.02. The van der Waals surface area contributed by atoms with Crippen LogP contribution < -0.4 is 9.47 Å². The zero-order chi connectivity index (χ0) is 25.5. The summed E-state index contributed by atoms with van der Waals surface area (Å²) in [4.78, 5) is 29.5. The molecule has 1 atom stereocenters. The summed E-state index contributed by atoms with van der Waals surface area (Å²) in [7, 11) is 1.63. The molecule has 1 aliphatic carbocycles. The smallest absolute Gasteiger partial charge is 0.329 e. The van der Waals surface area contributed by atoms with Gasteiger partial charge in [-0.15, -0.1) is 0 Å². The van der Waals surface area contributed by atoms with Crippen molar-refractivity contribution >= 4 is 11.9 Å². The van der Waals surface area contributed by atoms with Crippen LogP contribution in [0.5, 0.6) is 11.5 Å². The molecule has 1 heterocycles. The fourth-order valence-electron chi connectivity index (χ4n) is 5.73. The maximum atomic E-state index is 14.5. The standard InChI is InChI=1S/C30H39NO5/c1-4-6-19-36-27-24-20-25(28(32)35-5-2)31(21-22(24)15-16-26(27)34-3)29(33)30(17-11-8-12-18-30)23-13-9-7-10-14-23/h7,9-10,13-16,25H,4-6,8,11-12,17-21H2,1-3H3. The lowest BCUT2D eigenvalue weighted by atomic mass is 9.68. The van der Waals surface area contributed by atoms with Gasteiger partial charge in [0.05, 0.1) is 25.7 Å². The maximum Gasteiger partial charge on any atom is 0.329 e. The van der Waals surface area contributed by atoms with E-state index in [1.807, 2.05) is 30.3 Å². The summed E-state index contributed by atoms with van der Waals surface area (Å²) in [6.07, 6.45) is 7.02. The lowest BCUT2D eigenvalue weighted by Gasteiger charge is -2.44. The Morgan fingerprint density at radius 3 is 2.44 bits per heavy atom. The third-order valence-corrected chi connectivity index (χ3v) is 7.66. The highest BCUT2D eigenvalue weighted by Crippen LogP contribution is 2.44. The second-order valence-electron chi connectivity index (χ2n) is 9.85. The molecule has 0 spiro atoms. The molecule has 36 heavy (non-hydrogen) atoms. The Labute approximate surface area is 214 Å². The minimum Gasteiger partial charge on any atom is -0.493 e. The molecule has 1 fully saturated rings. The summed E-state index contributed by atoms with van der Waals surface area (Å²) >= 11 is 0. The molecule has 6 nitrogen and oxygen atoms in total. The van der Waals surface area contributed by atoms with Crippen LogP contribution in [0.1, 0.15) is 75.5 Å². The Bertz CT molecular complexity index is 1040. The zero-order valence-electron chi connectivity index (χ0n) is 21.9.